The van der Waals surface area contributed by atoms with Gasteiger partial charge < -0.3 is 11.1 Å². The van der Waals surface area contributed by atoms with Gasteiger partial charge in [0.15, 0.2) is 0 Å². The van der Waals surface area contributed by atoms with E-state index in [9.17, 15) is 4.79 Å². The largest absolute Gasteiger partial charge is 0.370 e. The second kappa shape index (κ2) is 8.97. The zero-order valence-corrected chi connectivity index (χ0v) is 14.8. The molecule has 0 radical (unpaired) electrons. The van der Waals surface area contributed by atoms with Crippen LogP contribution in [-0.4, -0.2) is 5.91 Å². The number of carbonyl (C=O) groups is 1. The minimum Gasteiger partial charge on any atom is -0.370 e. The van der Waals surface area contributed by atoms with Gasteiger partial charge in [-0.3, -0.25) is 4.79 Å². The third-order valence-corrected chi connectivity index (χ3v) is 4.46. The molecule has 3 nitrogen and oxygen atoms in total. The van der Waals surface area contributed by atoms with Crippen molar-refractivity contribution < 1.29 is 4.79 Å². The minimum atomic E-state index is -0.260. The maximum atomic E-state index is 10.9. The van der Waals surface area contributed by atoms with Crippen LogP contribution in [0.15, 0.2) is 84.9 Å². The van der Waals surface area contributed by atoms with Crippen LogP contribution < -0.4 is 11.1 Å². The molecule has 3 N–H and O–H groups in total. The number of aryl methyl sites for hydroxylation is 1. The van der Waals surface area contributed by atoms with Crippen LogP contribution in [0.1, 0.15) is 34.7 Å². The molecule has 26 heavy (non-hydrogen) atoms. The maximum Gasteiger partial charge on any atom is 0.217 e. The SMILES string of the molecule is NC(=O)CCc1ccc(CNC(c2ccccc2)c2ccccc2)cc1. The summed E-state index contributed by atoms with van der Waals surface area (Å²) in [6.07, 6.45) is 1.08. The number of hydrogen-bond donors (Lipinski definition) is 2. The molecule has 1 amide bonds. The molecule has 0 atom stereocenters. The monoisotopic (exact) mass is 344 g/mol. The summed E-state index contributed by atoms with van der Waals surface area (Å²) in [4.78, 5) is 10.9. The Morgan fingerprint density at radius 2 is 1.27 bits per heavy atom. The van der Waals surface area contributed by atoms with Gasteiger partial charge in [0, 0.05) is 13.0 Å². The fourth-order valence-corrected chi connectivity index (χ4v) is 3.03. The van der Waals surface area contributed by atoms with Crippen LogP contribution >= 0.6 is 0 Å². The molecule has 3 heteroatoms. The van der Waals surface area contributed by atoms with Crippen molar-refractivity contribution in [2.24, 2.45) is 5.73 Å². The van der Waals surface area contributed by atoms with E-state index in [0.29, 0.717) is 12.8 Å². The Kier molecular flexibility index (Phi) is 6.18. The molecule has 3 aromatic carbocycles. The van der Waals surface area contributed by atoms with Gasteiger partial charge in [0.05, 0.1) is 6.04 Å². The van der Waals surface area contributed by atoms with Crippen LogP contribution in [-0.2, 0) is 17.8 Å². The molecule has 0 aliphatic heterocycles. The van der Waals surface area contributed by atoms with Crippen LogP contribution in [0, 0.1) is 0 Å². The van der Waals surface area contributed by atoms with Gasteiger partial charge in [-0.2, -0.15) is 0 Å². The molecule has 3 aromatic rings. The number of benzene rings is 3. The lowest BCUT2D eigenvalue weighted by Gasteiger charge is -2.20. The smallest absolute Gasteiger partial charge is 0.217 e. The summed E-state index contributed by atoms with van der Waals surface area (Å²) in [6, 6.07) is 29.5. The Balaban J connectivity index is 1.69. The van der Waals surface area contributed by atoms with Crippen LogP contribution in [0.5, 0.6) is 0 Å². The van der Waals surface area contributed by atoms with Gasteiger partial charge in [-0.25, -0.2) is 0 Å². The standard InChI is InChI=1S/C23H24N2O/c24-22(26)16-15-18-11-13-19(14-12-18)17-25-23(20-7-3-1-4-8-20)21-9-5-2-6-10-21/h1-14,23,25H,15-17H2,(H2,24,26). The van der Waals surface area contributed by atoms with Crippen molar-refractivity contribution in [1.29, 1.82) is 0 Å². The molecule has 0 saturated heterocycles. The number of primary amides is 1. The molecule has 3 rings (SSSR count). The number of hydrogen-bond acceptors (Lipinski definition) is 2. The second-order valence-corrected chi connectivity index (χ2v) is 6.42. The van der Waals surface area contributed by atoms with E-state index in [1.165, 1.54) is 16.7 Å². The Morgan fingerprint density at radius 1 is 0.769 bits per heavy atom. The first-order valence-electron chi connectivity index (χ1n) is 8.92. The van der Waals surface area contributed by atoms with Crippen LogP contribution in [0.4, 0.5) is 0 Å². The molecule has 0 aliphatic rings. The molecule has 0 aliphatic carbocycles. The van der Waals surface area contributed by atoms with Crippen LogP contribution in [0.25, 0.3) is 0 Å². The summed E-state index contributed by atoms with van der Waals surface area (Å²) in [6.45, 7) is 0.768. The lowest BCUT2D eigenvalue weighted by molar-refractivity contribution is -0.117. The summed E-state index contributed by atoms with van der Waals surface area (Å²) in [5.74, 6) is -0.260. The van der Waals surface area contributed by atoms with Crippen molar-refractivity contribution in [3.05, 3.63) is 107 Å². The normalized spacial score (nSPS) is 10.8. The highest BCUT2D eigenvalue weighted by molar-refractivity contribution is 5.74. The number of nitrogens with two attached hydrogens (primary N) is 1. The first-order chi connectivity index (χ1) is 12.7. The lowest BCUT2D eigenvalue weighted by Crippen LogP contribution is -2.22. The summed E-state index contributed by atoms with van der Waals surface area (Å²) in [7, 11) is 0. The third kappa shape index (κ3) is 5.04. The Bertz CT molecular complexity index is 774. The van der Waals surface area contributed by atoms with Crippen LogP contribution in [0.3, 0.4) is 0 Å². The van der Waals surface area contributed by atoms with E-state index in [1.54, 1.807) is 0 Å². The minimum absolute atomic E-state index is 0.145. The molecule has 0 aromatic heterocycles. The highest BCUT2D eigenvalue weighted by Crippen LogP contribution is 2.22. The van der Waals surface area contributed by atoms with E-state index in [2.05, 4.69) is 78.1 Å². The summed E-state index contributed by atoms with van der Waals surface area (Å²) in [5.41, 5.74) is 10.1. The first kappa shape index (κ1) is 17.9. The van der Waals surface area contributed by atoms with Crippen molar-refractivity contribution in [2.45, 2.75) is 25.4 Å². The van der Waals surface area contributed by atoms with Crippen LogP contribution in [0.2, 0.25) is 0 Å². The van der Waals surface area contributed by atoms with Gasteiger partial charge in [-0.15, -0.1) is 0 Å². The van der Waals surface area contributed by atoms with E-state index >= 15 is 0 Å². The quantitative estimate of drug-likeness (QED) is 0.649. The third-order valence-electron chi connectivity index (χ3n) is 4.46. The first-order valence-corrected chi connectivity index (χ1v) is 8.92. The van der Waals surface area contributed by atoms with Gasteiger partial charge in [0.25, 0.3) is 0 Å². The zero-order chi connectivity index (χ0) is 18.2. The predicted octanol–water partition coefficient (Wildman–Crippen LogP) is 3.98. The molecule has 0 unspecified atom stereocenters. The van der Waals surface area contributed by atoms with Crippen molar-refractivity contribution in [3.63, 3.8) is 0 Å². The molecule has 132 valence electrons. The molecular weight excluding hydrogens is 320 g/mol. The Hall–Kier alpha value is -2.91. The van der Waals surface area contributed by atoms with Gasteiger partial charge in [0.2, 0.25) is 5.91 Å². The van der Waals surface area contributed by atoms with Crippen molar-refractivity contribution in [1.82, 2.24) is 5.32 Å². The highest BCUT2D eigenvalue weighted by Gasteiger charge is 2.12. The molecular formula is C23H24N2O. The number of nitrogens with one attached hydrogen (secondary N) is 1. The maximum absolute atomic E-state index is 10.9. The van der Waals surface area contributed by atoms with Crippen molar-refractivity contribution in [3.8, 4) is 0 Å². The summed E-state index contributed by atoms with van der Waals surface area (Å²) >= 11 is 0. The highest BCUT2D eigenvalue weighted by atomic mass is 16.1. The predicted molar refractivity (Wildman–Crippen MR) is 106 cm³/mol. The Morgan fingerprint density at radius 3 is 1.77 bits per heavy atom. The molecule has 0 bridgehead atoms. The topological polar surface area (TPSA) is 55.1 Å². The number of carbonyl (C=O) groups excluding carboxylic acids is 1. The Labute approximate surface area is 154 Å². The number of rotatable bonds is 8. The van der Waals surface area contributed by atoms with Gasteiger partial charge in [-0.05, 0) is 28.7 Å². The zero-order valence-electron chi connectivity index (χ0n) is 14.8. The van der Waals surface area contributed by atoms with E-state index < -0.39 is 0 Å². The van der Waals surface area contributed by atoms with E-state index in [1.807, 2.05) is 12.1 Å². The van der Waals surface area contributed by atoms with E-state index in [4.69, 9.17) is 5.73 Å². The summed E-state index contributed by atoms with van der Waals surface area (Å²) in [5, 5.41) is 3.66. The molecule has 0 spiro atoms. The van der Waals surface area contributed by atoms with Gasteiger partial charge in [-0.1, -0.05) is 84.9 Å². The molecule has 0 saturated carbocycles. The van der Waals surface area contributed by atoms with Crippen molar-refractivity contribution in [2.75, 3.05) is 0 Å². The average molecular weight is 344 g/mol. The van der Waals surface area contributed by atoms with E-state index in [0.717, 1.165) is 12.1 Å². The average Bonchev–Trinajstić information content (AvgIpc) is 2.69. The van der Waals surface area contributed by atoms with Gasteiger partial charge >= 0.3 is 0 Å². The van der Waals surface area contributed by atoms with Gasteiger partial charge in [0.1, 0.15) is 0 Å². The molecule has 0 heterocycles. The number of amides is 1. The second-order valence-electron chi connectivity index (χ2n) is 6.42. The lowest BCUT2D eigenvalue weighted by atomic mass is 9.98. The van der Waals surface area contributed by atoms with E-state index in [-0.39, 0.29) is 11.9 Å². The fraction of sp³-hybridized carbons (Fsp3) is 0.174. The fourth-order valence-electron chi connectivity index (χ4n) is 3.03. The summed E-state index contributed by atoms with van der Waals surface area (Å²) < 4.78 is 0. The molecule has 0 fully saturated rings. The van der Waals surface area contributed by atoms with Crippen molar-refractivity contribution >= 4 is 5.91 Å².